The van der Waals surface area contributed by atoms with Crippen LogP contribution in [0.1, 0.15) is 12.8 Å². The first-order valence-electron chi connectivity index (χ1n) is 9.68. The van der Waals surface area contributed by atoms with E-state index in [9.17, 15) is 8.78 Å². The second kappa shape index (κ2) is 8.57. The van der Waals surface area contributed by atoms with Crippen molar-refractivity contribution in [1.82, 2.24) is 15.3 Å². The van der Waals surface area contributed by atoms with Crippen molar-refractivity contribution in [2.75, 3.05) is 37.5 Å². The van der Waals surface area contributed by atoms with E-state index >= 15 is 0 Å². The highest BCUT2D eigenvalue weighted by atomic mass is 35.5. The fourth-order valence-corrected chi connectivity index (χ4v) is 3.76. The van der Waals surface area contributed by atoms with Crippen LogP contribution in [0.3, 0.4) is 0 Å². The zero-order valence-corrected chi connectivity index (χ0v) is 17.4. The summed E-state index contributed by atoms with van der Waals surface area (Å²) in [4.78, 5) is 11.3. The summed E-state index contributed by atoms with van der Waals surface area (Å²) < 4.78 is 33.9. The number of methoxy groups -OCH3 is 1. The van der Waals surface area contributed by atoms with Crippen molar-refractivity contribution in [1.29, 1.82) is 0 Å². The minimum Gasteiger partial charge on any atom is -0.494 e. The van der Waals surface area contributed by atoms with Crippen LogP contribution in [0.4, 0.5) is 26.2 Å². The summed E-state index contributed by atoms with van der Waals surface area (Å²) in [6, 6.07) is 7.57. The van der Waals surface area contributed by atoms with Gasteiger partial charge in [0, 0.05) is 35.6 Å². The van der Waals surface area contributed by atoms with E-state index in [2.05, 4.69) is 25.5 Å². The van der Waals surface area contributed by atoms with Crippen LogP contribution in [0.2, 0.25) is 5.02 Å². The van der Waals surface area contributed by atoms with Crippen molar-refractivity contribution < 1.29 is 13.5 Å². The smallest absolute Gasteiger partial charge is 0.227 e. The Morgan fingerprint density at radius 1 is 1.10 bits per heavy atom. The first-order valence-corrected chi connectivity index (χ1v) is 10.1. The van der Waals surface area contributed by atoms with E-state index in [1.54, 1.807) is 6.07 Å². The van der Waals surface area contributed by atoms with Gasteiger partial charge in [0.25, 0.3) is 0 Å². The maximum absolute atomic E-state index is 14.4. The molecule has 9 heteroatoms. The average molecular weight is 434 g/mol. The topological polar surface area (TPSA) is 62.3 Å². The van der Waals surface area contributed by atoms with Gasteiger partial charge in [-0.1, -0.05) is 11.6 Å². The summed E-state index contributed by atoms with van der Waals surface area (Å²) >= 11 is 5.85. The number of rotatable bonds is 5. The Kier molecular flexibility index (Phi) is 5.87. The van der Waals surface area contributed by atoms with Gasteiger partial charge < -0.3 is 20.3 Å². The molecule has 6 nitrogen and oxygen atoms in total. The van der Waals surface area contributed by atoms with Crippen LogP contribution in [0.25, 0.3) is 10.9 Å². The number of halogens is 3. The number of aromatic nitrogens is 2. The van der Waals surface area contributed by atoms with Gasteiger partial charge in [0.1, 0.15) is 11.6 Å². The molecule has 0 radical (unpaired) electrons. The number of hydrogen-bond acceptors (Lipinski definition) is 6. The van der Waals surface area contributed by atoms with Crippen molar-refractivity contribution in [2.24, 2.45) is 0 Å². The number of nitrogens with zero attached hydrogens (tertiary/aromatic N) is 3. The molecule has 30 heavy (non-hydrogen) atoms. The van der Waals surface area contributed by atoms with Gasteiger partial charge in [0.05, 0.1) is 18.3 Å². The molecule has 3 aromatic rings. The second-order valence-corrected chi connectivity index (χ2v) is 7.61. The number of hydrogen-bond donors (Lipinski definition) is 2. The Hall–Kier alpha value is -2.71. The summed E-state index contributed by atoms with van der Waals surface area (Å²) in [6.07, 6.45) is 1.92. The third-order valence-electron chi connectivity index (χ3n) is 5.33. The number of piperidine rings is 1. The predicted octanol–water partition coefficient (Wildman–Crippen LogP) is 4.50. The number of nitrogens with one attached hydrogen (secondary N) is 2. The van der Waals surface area contributed by atoms with Crippen LogP contribution < -0.4 is 20.3 Å². The zero-order chi connectivity index (χ0) is 21.3. The molecule has 4 rings (SSSR count). The van der Waals surface area contributed by atoms with Gasteiger partial charge in [-0.15, -0.1) is 0 Å². The summed E-state index contributed by atoms with van der Waals surface area (Å²) in [6.45, 7) is 1.56. The molecule has 1 aliphatic heterocycles. The fourth-order valence-electron chi connectivity index (χ4n) is 3.60. The van der Waals surface area contributed by atoms with E-state index < -0.39 is 11.6 Å². The standard InChI is InChI=1S/C21H22ClF2N5O/c1-25-13-5-7-29(8-6-13)21-27-18-11-19(30-2)16(24)10-14(18)20(28-21)26-17-4-3-12(22)9-15(17)23/h3-4,9-11,13,25H,5-8H2,1-2H3,(H,26,27,28). The number of fused-ring (bicyclic) bond motifs is 1. The van der Waals surface area contributed by atoms with E-state index in [4.69, 9.17) is 16.3 Å². The van der Waals surface area contributed by atoms with E-state index in [1.165, 1.54) is 31.4 Å². The second-order valence-electron chi connectivity index (χ2n) is 7.18. The molecule has 2 N–H and O–H groups in total. The molecule has 0 aliphatic carbocycles. The van der Waals surface area contributed by atoms with Crippen molar-refractivity contribution in [3.8, 4) is 5.75 Å². The molecule has 2 heterocycles. The lowest BCUT2D eigenvalue weighted by Gasteiger charge is -2.32. The van der Waals surface area contributed by atoms with Gasteiger partial charge >= 0.3 is 0 Å². The number of ether oxygens (including phenoxy) is 1. The first-order chi connectivity index (χ1) is 14.5. The summed E-state index contributed by atoms with van der Waals surface area (Å²) in [7, 11) is 3.35. The molecule has 0 bridgehead atoms. The van der Waals surface area contributed by atoms with E-state index in [0.29, 0.717) is 28.7 Å². The fraction of sp³-hybridized carbons (Fsp3) is 0.333. The highest BCUT2D eigenvalue weighted by molar-refractivity contribution is 6.30. The highest BCUT2D eigenvalue weighted by Gasteiger charge is 2.22. The molecular formula is C21H22ClF2N5O. The number of anilines is 3. The summed E-state index contributed by atoms with van der Waals surface area (Å²) in [5.74, 6) is -0.170. The van der Waals surface area contributed by atoms with Crippen molar-refractivity contribution in [3.63, 3.8) is 0 Å². The van der Waals surface area contributed by atoms with Gasteiger partial charge in [-0.2, -0.15) is 4.98 Å². The van der Waals surface area contributed by atoms with Gasteiger partial charge in [0.2, 0.25) is 5.95 Å². The molecule has 2 aromatic carbocycles. The third kappa shape index (κ3) is 4.11. The Morgan fingerprint density at radius 2 is 1.87 bits per heavy atom. The molecule has 1 fully saturated rings. The monoisotopic (exact) mass is 433 g/mol. The first kappa shape index (κ1) is 20.6. The molecule has 0 spiro atoms. The lowest BCUT2D eigenvalue weighted by molar-refractivity contribution is 0.387. The van der Waals surface area contributed by atoms with Crippen LogP contribution in [-0.4, -0.2) is 43.3 Å². The minimum atomic E-state index is -0.546. The van der Waals surface area contributed by atoms with Crippen LogP contribution in [0.15, 0.2) is 30.3 Å². The van der Waals surface area contributed by atoms with E-state index in [-0.39, 0.29) is 16.5 Å². The van der Waals surface area contributed by atoms with E-state index in [1.807, 2.05) is 7.05 Å². The SMILES string of the molecule is CNC1CCN(c2nc(Nc3ccc(Cl)cc3F)c3cc(F)c(OC)cc3n2)CC1. The van der Waals surface area contributed by atoms with Gasteiger partial charge in [-0.3, -0.25) is 0 Å². The maximum Gasteiger partial charge on any atom is 0.227 e. The molecule has 1 saturated heterocycles. The molecule has 1 aliphatic rings. The Bertz CT molecular complexity index is 1070. The van der Waals surface area contributed by atoms with Crippen LogP contribution in [-0.2, 0) is 0 Å². The molecule has 0 saturated carbocycles. The Morgan fingerprint density at radius 3 is 2.53 bits per heavy atom. The van der Waals surface area contributed by atoms with Gasteiger partial charge in [-0.25, -0.2) is 13.8 Å². The predicted molar refractivity (Wildman–Crippen MR) is 115 cm³/mol. The molecule has 158 valence electrons. The zero-order valence-electron chi connectivity index (χ0n) is 16.7. The van der Waals surface area contributed by atoms with Crippen molar-refractivity contribution >= 4 is 40.0 Å². The largest absolute Gasteiger partial charge is 0.494 e. The molecule has 0 unspecified atom stereocenters. The quantitative estimate of drug-likeness (QED) is 0.617. The average Bonchev–Trinajstić information content (AvgIpc) is 2.75. The van der Waals surface area contributed by atoms with Crippen LogP contribution in [0.5, 0.6) is 5.75 Å². The molecule has 1 aromatic heterocycles. The van der Waals surface area contributed by atoms with Crippen molar-refractivity contribution in [3.05, 3.63) is 47.0 Å². The molecule has 0 atom stereocenters. The highest BCUT2D eigenvalue weighted by Crippen LogP contribution is 2.32. The lowest BCUT2D eigenvalue weighted by Crippen LogP contribution is -2.41. The molecule has 0 amide bonds. The lowest BCUT2D eigenvalue weighted by atomic mass is 10.1. The minimum absolute atomic E-state index is 0.0877. The van der Waals surface area contributed by atoms with E-state index in [0.717, 1.165) is 25.9 Å². The van der Waals surface area contributed by atoms with Gasteiger partial charge in [0.15, 0.2) is 11.6 Å². The third-order valence-corrected chi connectivity index (χ3v) is 5.56. The Labute approximate surface area is 178 Å². The normalized spacial score (nSPS) is 14.9. The van der Waals surface area contributed by atoms with Gasteiger partial charge in [-0.05, 0) is 44.2 Å². The summed E-state index contributed by atoms with van der Waals surface area (Å²) in [5.41, 5.74) is 0.696. The number of benzene rings is 2. The summed E-state index contributed by atoms with van der Waals surface area (Å²) in [5, 5.41) is 6.98. The maximum atomic E-state index is 14.4. The Balaban J connectivity index is 1.78. The van der Waals surface area contributed by atoms with Crippen LogP contribution >= 0.6 is 11.6 Å². The molecular weight excluding hydrogens is 412 g/mol. The van der Waals surface area contributed by atoms with Crippen molar-refractivity contribution in [2.45, 2.75) is 18.9 Å². The van der Waals surface area contributed by atoms with Crippen LogP contribution in [0, 0.1) is 11.6 Å².